The molecule has 3 nitrogen and oxygen atoms in total. The molecule has 0 aromatic carbocycles. The van der Waals surface area contributed by atoms with E-state index in [1.807, 2.05) is 13.1 Å². The van der Waals surface area contributed by atoms with Gasteiger partial charge in [-0.25, -0.2) is 0 Å². The van der Waals surface area contributed by atoms with Crippen LogP contribution in [0.5, 0.6) is 0 Å². The summed E-state index contributed by atoms with van der Waals surface area (Å²) in [5.41, 5.74) is 2.50. The number of aromatic nitrogens is 1. The summed E-state index contributed by atoms with van der Waals surface area (Å²) in [4.78, 5) is 6.66. The second-order valence-electron chi connectivity index (χ2n) is 6.47. The zero-order valence-corrected chi connectivity index (χ0v) is 12.6. The third-order valence-corrected chi connectivity index (χ3v) is 3.78. The molecule has 1 aromatic heterocycles. The lowest BCUT2D eigenvalue weighted by molar-refractivity contribution is -0.0761. The molecule has 0 radical (unpaired) electrons. The second-order valence-corrected chi connectivity index (χ2v) is 6.47. The number of hydrogen-bond acceptors (Lipinski definition) is 3. The van der Waals surface area contributed by atoms with Crippen molar-refractivity contribution in [3.05, 3.63) is 29.6 Å². The average Bonchev–Trinajstić information content (AvgIpc) is 2.27. The fourth-order valence-electron chi connectivity index (χ4n) is 3.03. The molecule has 0 unspecified atom stereocenters. The maximum atomic E-state index is 5.78. The number of rotatable bonds is 4. The Hall–Kier alpha value is -0.930. The smallest absolute Gasteiger partial charge is 0.0629 e. The molecule has 0 amide bonds. The first-order chi connectivity index (χ1) is 8.94. The lowest BCUT2D eigenvalue weighted by Crippen LogP contribution is -2.38. The number of nitrogens with zero attached hydrogens (tertiary/aromatic N) is 2. The Balaban J connectivity index is 1.85. The SMILES string of the molecule is Cc1cc(CN(C)C[C@@H]2CCOC(C)(C)C2)ccn1. The summed E-state index contributed by atoms with van der Waals surface area (Å²) in [6.45, 7) is 9.50. The minimum atomic E-state index is 0.0526. The van der Waals surface area contributed by atoms with Crippen LogP contribution in [0.15, 0.2) is 18.3 Å². The van der Waals surface area contributed by atoms with E-state index in [-0.39, 0.29) is 5.60 Å². The Morgan fingerprint density at radius 1 is 1.47 bits per heavy atom. The van der Waals surface area contributed by atoms with Gasteiger partial charge in [0.05, 0.1) is 5.60 Å². The van der Waals surface area contributed by atoms with Crippen LogP contribution in [0.25, 0.3) is 0 Å². The van der Waals surface area contributed by atoms with Gasteiger partial charge in [0.15, 0.2) is 0 Å². The van der Waals surface area contributed by atoms with Gasteiger partial charge >= 0.3 is 0 Å². The fourth-order valence-corrected chi connectivity index (χ4v) is 3.03. The van der Waals surface area contributed by atoms with E-state index in [2.05, 4.69) is 42.9 Å². The number of aryl methyl sites for hydroxylation is 1. The zero-order chi connectivity index (χ0) is 13.9. The molecule has 1 aliphatic rings. The van der Waals surface area contributed by atoms with Gasteiger partial charge in [0.2, 0.25) is 0 Å². The highest BCUT2D eigenvalue weighted by Crippen LogP contribution is 2.29. The summed E-state index contributed by atoms with van der Waals surface area (Å²) in [6.07, 6.45) is 4.24. The largest absolute Gasteiger partial charge is 0.376 e. The number of hydrogen-bond donors (Lipinski definition) is 0. The molecular weight excluding hydrogens is 236 g/mol. The van der Waals surface area contributed by atoms with Crippen molar-refractivity contribution in [2.75, 3.05) is 20.2 Å². The first-order valence-corrected chi connectivity index (χ1v) is 7.19. The van der Waals surface area contributed by atoms with E-state index in [9.17, 15) is 0 Å². The Bertz CT molecular complexity index is 417. The quantitative estimate of drug-likeness (QED) is 0.834. The van der Waals surface area contributed by atoms with Gasteiger partial charge in [0.1, 0.15) is 0 Å². The van der Waals surface area contributed by atoms with Gasteiger partial charge in [0.25, 0.3) is 0 Å². The molecule has 0 spiro atoms. The normalized spacial score (nSPS) is 22.7. The monoisotopic (exact) mass is 262 g/mol. The minimum Gasteiger partial charge on any atom is -0.376 e. The molecule has 3 heteroatoms. The molecule has 106 valence electrons. The Morgan fingerprint density at radius 2 is 2.26 bits per heavy atom. The van der Waals surface area contributed by atoms with Crippen LogP contribution in [0.1, 0.15) is 37.9 Å². The van der Waals surface area contributed by atoms with E-state index >= 15 is 0 Å². The Kier molecular flexibility index (Phi) is 4.58. The van der Waals surface area contributed by atoms with Crippen LogP contribution in [0.2, 0.25) is 0 Å². The average molecular weight is 262 g/mol. The second kappa shape index (κ2) is 6.02. The number of ether oxygens (including phenoxy) is 1. The van der Waals surface area contributed by atoms with E-state index in [1.165, 1.54) is 12.0 Å². The van der Waals surface area contributed by atoms with Gasteiger partial charge in [0, 0.05) is 31.6 Å². The highest BCUT2D eigenvalue weighted by atomic mass is 16.5. The Morgan fingerprint density at radius 3 is 2.95 bits per heavy atom. The molecule has 0 aliphatic carbocycles. The summed E-state index contributed by atoms with van der Waals surface area (Å²) in [7, 11) is 2.21. The van der Waals surface area contributed by atoms with Gasteiger partial charge in [-0.05, 0) is 64.3 Å². The van der Waals surface area contributed by atoms with Crippen molar-refractivity contribution in [2.24, 2.45) is 5.92 Å². The van der Waals surface area contributed by atoms with Crippen LogP contribution in [0.4, 0.5) is 0 Å². The van der Waals surface area contributed by atoms with E-state index in [4.69, 9.17) is 4.74 Å². The molecule has 1 saturated heterocycles. The van der Waals surface area contributed by atoms with Gasteiger partial charge in [-0.15, -0.1) is 0 Å². The zero-order valence-electron chi connectivity index (χ0n) is 12.6. The van der Waals surface area contributed by atoms with Gasteiger partial charge in [-0.1, -0.05) is 0 Å². The topological polar surface area (TPSA) is 25.4 Å². The van der Waals surface area contributed by atoms with E-state index in [0.29, 0.717) is 0 Å². The highest BCUT2D eigenvalue weighted by molar-refractivity contribution is 5.15. The van der Waals surface area contributed by atoms with Gasteiger partial charge in [-0.3, -0.25) is 4.98 Å². The summed E-state index contributed by atoms with van der Waals surface area (Å²) >= 11 is 0. The molecule has 2 heterocycles. The van der Waals surface area contributed by atoms with E-state index < -0.39 is 0 Å². The van der Waals surface area contributed by atoms with E-state index in [0.717, 1.165) is 37.7 Å². The summed E-state index contributed by atoms with van der Waals surface area (Å²) < 4.78 is 5.78. The summed E-state index contributed by atoms with van der Waals surface area (Å²) in [5, 5.41) is 0. The lowest BCUT2D eigenvalue weighted by Gasteiger charge is -2.37. The van der Waals surface area contributed by atoms with Crippen LogP contribution in [-0.2, 0) is 11.3 Å². The maximum absolute atomic E-state index is 5.78. The predicted molar refractivity (Wildman–Crippen MR) is 78.1 cm³/mol. The summed E-state index contributed by atoms with van der Waals surface area (Å²) in [5.74, 6) is 0.747. The van der Waals surface area contributed by atoms with Gasteiger partial charge in [-0.2, -0.15) is 0 Å². The third-order valence-electron chi connectivity index (χ3n) is 3.78. The molecule has 0 N–H and O–H groups in total. The highest BCUT2D eigenvalue weighted by Gasteiger charge is 2.29. The van der Waals surface area contributed by atoms with Crippen LogP contribution >= 0.6 is 0 Å². The molecule has 2 rings (SSSR count). The third kappa shape index (κ3) is 4.59. The van der Waals surface area contributed by atoms with Crippen LogP contribution in [-0.4, -0.2) is 35.7 Å². The Labute approximate surface area is 117 Å². The molecule has 1 aromatic rings. The van der Waals surface area contributed by atoms with Crippen LogP contribution < -0.4 is 0 Å². The van der Waals surface area contributed by atoms with Crippen LogP contribution in [0, 0.1) is 12.8 Å². The van der Waals surface area contributed by atoms with Crippen molar-refractivity contribution in [1.29, 1.82) is 0 Å². The molecule has 1 fully saturated rings. The van der Waals surface area contributed by atoms with Crippen molar-refractivity contribution in [3.8, 4) is 0 Å². The van der Waals surface area contributed by atoms with Crippen molar-refractivity contribution in [3.63, 3.8) is 0 Å². The molecule has 0 saturated carbocycles. The molecule has 19 heavy (non-hydrogen) atoms. The van der Waals surface area contributed by atoms with Crippen molar-refractivity contribution in [2.45, 2.75) is 45.8 Å². The number of pyridine rings is 1. The molecule has 1 aliphatic heterocycles. The molecular formula is C16H26N2O. The fraction of sp³-hybridized carbons (Fsp3) is 0.688. The van der Waals surface area contributed by atoms with Crippen molar-refractivity contribution < 1.29 is 4.74 Å². The predicted octanol–water partition coefficient (Wildman–Crippen LogP) is 3.03. The van der Waals surface area contributed by atoms with Crippen LogP contribution in [0.3, 0.4) is 0 Å². The first kappa shape index (κ1) is 14.5. The standard InChI is InChI=1S/C16H26N2O/c1-13-9-14(5-7-17-13)11-18(4)12-15-6-8-19-16(2,3)10-15/h5,7,9,15H,6,8,10-12H2,1-4H3/t15-/m1/s1. The summed E-state index contributed by atoms with van der Waals surface area (Å²) in [6, 6.07) is 4.28. The molecule has 0 bridgehead atoms. The minimum absolute atomic E-state index is 0.0526. The molecule has 1 atom stereocenters. The maximum Gasteiger partial charge on any atom is 0.0629 e. The van der Waals surface area contributed by atoms with Crippen molar-refractivity contribution in [1.82, 2.24) is 9.88 Å². The van der Waals surface area contributed by atoms with Crippen molar-refractivity contribution >= 4 is 0 Å². The van der Waals surface area contributed by atoms with E-state index in [1.54, 1.807) is 0 Å². The lowest BCUT2D eigenvalue weighted by atomic mass is 9.88. The van der Waals surface area contributed by atoms with Gasteiger partial charge < -0.3 is 9.64 Å². The first-order valence-electron chi connectivity index (χ1n) is 7.19.